The van der Waals surface area contributed by atoms with Crippen molar-refractivity contribution in [2.75, 3.05) is 31.9 Å². The van der Waals surface area contributed by atoms with Crippen LogP contribution in [0.15, 0.2) is 42.5 Å². The smallest absolute Gasteiger partial charge is 0.188 e. The second-order valence-electron chi connectivity index (χ2n) is 10.2. The summed E-state index contributed by atoms with van der Waals surface area (Å²) < 4.78 is 11.0. The molecule has 5 rings (SSSR count). The van der Waals surface area contributed by atoms with Gasteiger partial charge in [0.15, 0.2) is 6.79 Å². The van der Waals surface area contributed by atoms with E-state index in [0.29, 0.717) is 6.04 Å². The van der Waals surface area contributed by atoms with Crippen LogP contribution in [0, 0.1) is 6.92 Å². The molecule has 1 saturated heterocycles. The van der Waals surface area contributed by atoms with Crippen molar-refractivity contribution in [1.82, 2.24) is 20.3 Å². The standard InChI is InChI=1S/C27H33N5O2/c1-17-12-18-13-20(25(34-16-33-5)14-24(18)28-17)21-6-7-23-22(29-21)8-9-26(30-23)32-11-10-19(15-32)31-27(2,3)4/h6-9,12-14,19,28,31H,10-11,15-16H2,1-5H3/t19-/m1/s1. The molecule has 1 fully saturated rings. The first-order chi connectivity index (χ1) is 16.3. The molecule has 0 unspecified atom stereocenters. The summed E-state index contributed by atoms with van der Waals surface area (Å²) in [6.07, 6.45) is 1.12. The number of nitrogens with zero attached hydrogens (tertiary/aromatic N) is 3. The number of aromatic amines is 1. The predicted molar refractivity (Wildman–Crippen MR) is 138 cm³/mol. The highest BCUT2D eigenvalue weighted by molar-refractivity contribution is 5.90. The lowest BCUT2D eigenvalue weighted by atomic mass is 10.1. The van der Waals surface area contributed by atoms with Crippen molar-refractivity contribution in [1.29, 1.82) is 0 Å². The number of pyridine rings is 2. The third kappa shape index (κ3) is 4.72. The monoisotopic (exact) mass is 459 g/mol. The number of rotatable bonds is 6. The molecule has 34 heavy (non-hydrogen) atoms. The average molecular weight is 460 g/mol. The molecule has 0 saturated carbocycles. The third-order valence-electron chi connectivity index (χ3n) is 6.14. The van der Waals surface area contributed by atoms with Gasteiger partial charge >= 0.3 is 0 Å². The van der Waals surface area contributed by atoms with Gasteiger partial charge in [-0.2, -0.15) is 0 Å². The van der Waals surface area contributed by atoms with Crippen LogP contribution in [0.4, 0.5) is 5.82 Å². The first-order valence-electron chi connectivity index (χ1n) is 11.8. The number of benzene rings is 1. The Kier molecular flexibility index (Phi) is 5.91. The lowest BCUT2D eigenvalue weighted by molar-refractivity contribution is 0.0516. The number of anilines is 1. The Balaban J connectivity index is 1.44. The summed E-state index contributed by atoms with van der Waals surface area (Å²) in [6, 6.07) is 15.0. The molecule has 178 valence electrons. The van der Waals surface area contributed by atoms with Gasteiger partial charge in [0.05, 0.1) is 16.7 Å². The second kappa shape index (κ2) is 8.89. The molecular weight excluding hydrogens is 426 g/mol. The maximum absolute atomic E-state index is 5.89. The highest BCUT2D eigenvalue weighted by atomic mass is 16.7. The first kappa shape index (κ1) is 22.6. The highest BCUT2D eigenvalue weighted by Gasteiger charge is 2.26. The Morgan fingerprint density at radius 3 is 2.68 bits per heavy atom. The molecular formula is C27H33N5O2. The molecule has 0 amide bonds. The maximum atomic E-state index is 5.89. The van der Waals surface area contributed by atoms with Crippen LogP contribution in [0.25, 0.3) is 33.2 Å². The third-order valence-corrected chi connectivity index (χ3v) is 6.14. The van der Waals surface area contributed by atoms with Crippen LogP contribution < -0.4 is 15.0 Å². The Bertz CT molecular complexity index is 1320. The fourth-order valence-corrected chi connectivity index (χ4v) is 4.77. The molecule has 1 aliphatic heterocycles. The van der Waals surface area contributed by atoms with Crippen molar-refractivity contribution in [3.8, 4) is 17.0 Å². The quantitative estimate of drug-likeness (QED) is 0.394. The van der Waals surface area contributed by atoms with E-state index in [4.69, 9.17) is 19.4 Å². The van der Waals surface area contributed by atoms with Gasteiger partial charge in [0.25, 0.3) is 0 Å². The molecule has 1 aliphatic rings. The summed E-state index contributed by atoms with van der Waals surface area (Å²) in [6.45, 7) is 10.9. The van der Waals surface area contributed by atoms with Crippen molar-refractivity contribution in [2.45, 2.75) is 45.7 Å². The number of methoxy groups -OCH3 is 1. The van der Waals surface area contributed by atoms with E-state index in [0.717, 1.165) is 70.0 Å². The molecule has 7 nitrogen and oxygen atoms in total. The van der Waals surface area contributed by atoms with Gasteiger partial charge in [-0.15, -0.1) is 0 Å². The molecule has 2 N–H and O–H groups in total. The number of ether oxygens (including phenoxy) is 2. The molecule has 0 radical (unpaired) electrons. The number of aryl methyl sites for hydroxylation is 1. The second-order valence-corrected chi connectivity index (χ2v) is 10.2. The number of nitrogens with one attached hydrogen (secondary N) is 2. The van der Waals surface area contributed by atoms with E-state index in [1.54, 1.807) is 7.11 Å². The van der Waals surface area contributed by atoms with E-state index in [1.807, 2.05) is 12.1 Å². The van der Waals surface area contributed by atoms with Crippen molar-refractivity contribution < 1.29 is 9.47 Å². The van der Waals surface area contributed by atoms with Crippen LogP contribution in [-0.4, -0.2) is 53.5 Å². The lowest BCUT2D eigenvalue weighted by Gasteiger charge is -2.26. The molecule has 3 aromatic heterocycles. The minimum atomic E-state index is 0.117. The van der Waals surface area contributed by atoms with Gasteiger partial charge in [-0.3, -0.25) is 0 Å². The number of aromatic nitrogens is 3. The number of H-pyrrole nitrogens is 1. The van der Waals surface area contributed by atoms with Gasteiger partial charge in [-0.05, 0) is 70.5 Å². The Labute approximate surface area is 200 Å². The van der Waals surface area contributed by atoms with Gasteiger partial charge in [-0.25, -0.2) is 9.97 Å². The fraction of sp³-hybridized carbons (Fsp3) is 0.407. The summed E-state index contributed by atoms with van der Waals surface area (Å²) in [5, 5.41) is 4.83. The van der Waals surface area contributed by atoms with E-state index in [-0.39, 0.29) is 12.3 Å². The van der Waals surface area contributed by atoms with Crippen molar-refractivity contribution in [3.05, 3.63) is 48.2 Å². The predicted octanol–water partition coefficient (Wildman–Crippen LogP) is 5.04. The molecule has 4 heterocycles. The topological polar surface area (TPSA) is 75.3 Å². The Morgan fingerprint density at radius 2 is 1.88 bits per heavy atom. The zero-order chi connectivity index (χ0) is 23.9. The summed E-state index contributed by atoms with van der Waals surface area (Å²) in [4.78, 5) is 15.6. The minimum absolute atomic E-state index is 0.117. The van der Waals surface area contributed by atoms with Gasteiger partial charge in [-0.1, -0.05) is 0 Å². The molecule has 1 atom stereocenters. The van der Waals surface area contributed by atoms with Crippen LogP contribution in [0.3, 0.4) is 0 Å². The Morgan fingerprint density at radius 1 is 1.09 bits per heavy atom. The van der Waals surface area contributed by atoms with Crippen LogP contribution >= 0.6 is 0 Å². The number of hydrogen-bond donors (Lipinski definition) is 2. The first-order valence-corrected chi connectivity index (χ1v) is 11.8. The molecule has 0 spiro atoms. The SMILES string of the molecule is COCOc1cc2[nH]c(C)cc2cc1-c1ccc2nc(N3CC[C@@H](NC(C)(C)C)C3)ccc2n1. The molecule has 7 heteroatoms. The Hall–Kier alpha value is -3.16. The van der Waals surface area contributed by atoms with Gasteiger partial charge in [0, 0.05) is 60.0 Å². The van der Waals surface area contributed by atoms with Gasteiger partial charge < -0.3 is 24.7 Å². The maximum Gasteiger partial charge on any atom is 0.188 e. The van der Waals surface area contributed by atoms with Crippen molar-refractivity contribution in [2.24, 2.45) is 0 Å². The van der Waals surface area contributed by atoms with Gasteiger partial charge in [0.2, 0.25) is 0 Å². The van der Waals surface area contributed by atoms with Gasteiger partial charge in [0.1, 0.15) is 11.6 Å². The summed E-state index contributed by atoms with van der Waals surface area (Å²) in [5.41, 5.74) is 5.80. The van der Waals surface area contributed by atoms with Crippen molar-refractivity contribution in [3.63, 3.8) is 0 Å². The highest BCUT2D eigenvalue weighted by Crippen LogP contribution is 2.34. The lowest BCUT2D eigenvalue weighted by Crippen LogP contribution is -2.44. The summed E-state index contributed by atoms with van der Waals surface area (Å²) >= 11 is 0. The molecule has 0 bridgehead atoms. The van der Waals surface area contributed by atoms with Crippen LogP contribution in [-0.2, 0) is 4.74 Å². The van der Waals surface area contributed by atoms with Crippen LogP contribution in [0.1, 0.15) is 32.9 Å². The van der Waals surface area contributed by atoms with E-state index < -0.39 is 0 Å². The molecule has 4 aromatic rings. The van der Waals surface area contributed by atoms with Crippen molar-refractivity contribution >= 4 is 27.8 Å². The number of fused-ring (bicyclic) bond motifs is 2. The van der Waals surface area contributed by atoms with E-state index in [9.17, 15) is 0 Å². The number of hydrogen-bond acceptors (Lipinski definition) is 6. The zero-order valence-electron chi connectivity index (χ0n) is 20.6. The summed E-state index contributed by atoms with van der Waals surface area (Å²) in [7, 11) is 1.62. The molecule has 0 aliphatic carbocycles. The van der Waals surface area contributed by atoms with E-state index in [2.05, 4.69) is 73.2 Å². The van der Waals surface area contributed by atoms with E-state index in [1.165, 1.54) is 0 Å². The van der Waals surface area contributed by atoms with Crippen LogP contribution in [0.5, 0.6) is 5.75 Å². The largest absolute Gasteiger partial charge is 0.467 e. The fourth-order valence-electron chi connectivity index (χ4n) is 4.77. The molecule has 1 aromatic carbocycles. The minimum Gasteiger partial charge on any atom is -0.467 e. The van der Waals surface area contributed by atoms with E-state index >= 15 is 0 Å². The zero-order valence-corrected chi connectivity index (χ0v) is 20.6. The summed E-state index contributed by atoms with van der Waals surface area (Å²) in [5.74, 6) is 1.75. The van der Waals surface area contributed by atoms with Crippen LogP contribution in [0.2, 0.25) is 0 Å². The normalized spacial score (nSPS) is 16.6. The average Bonchev–Trinajstić information content (AvgIpc) is 3.40.